The van der Waals surface area contributed by atoms with Crippen LogP contribution in [0, 0.1) is 27.7 Å². The van der Waals surface area contributed by atoms with Crippen LogP contribution in [0.2, 0.25) is 0 Å². The highest BCUT2D eigenvalue weighted by molar-refractivity contribution is 7.99. The molecule has 0 aliphatic carbocycles. The maximum Gasteiger partial charge on any atom is 0.285 e. The summed E-state index contributed by atoms with van der Waals surface area (Å²) in [7, 11) is 0. The molecule has 20 heavy (non-hydrogen) atoms. The summed E-state index contributed by atoms with van der Waals surface area (Å²) in [5.74, 6) is -1.13. The molecule has 1 aromatic carbocycles. The van der Waals surface area contributed by atoms with E-state index >= 15 is 0 Å². The number of nitro benzene ring substituents is 1. The largest absolute Gasteiger partial charge is 0.352 e. The fourth-order valence-electron chi connectivity index (χ4n) is 1.95. The normalized spacial score (nSPS) is 18.0. The van der Waals surface area contributed by atoms with Crippen molar-refractivity contribution in [1.29, 1.82) is 0 Å². The van der Waals surface area contributed by atoms with Gasteiger partial charge in [0, 0.05) is 6.54 Å². The summed E-state index contributed by atoms with van der Waals surface area (Å²) in [6.07, 6.45) is 0.963. The molecule has 1 saturated heterocycles. The number of nitrogens with zero attached hydrogens (tertiary/aromatic N) is 1. The Kier molecular flexibility index (Phi) is 4.53. The summed E-state index contributed by atoms with van der Waals surface area (Å²) in [4.78, 5) is 21.8. The molecule has 1 aliphatic heterocycles. The smallest absolute Gasteiger partial charge is 0.285 e. The minimum absolute atomic E-state index is 0.313. The van der Waals surface area contributed by atoms with Gasteiger partial charge in [-0.3, -0.25) is 14.9 Å². The van der Waals surface area contributed by atoms with Crippen LogP contribution >= 0.6 is 11.8 Å². The van der Waals surface area contributed by atoms with E-state index in [0.717, 1.165) is 17.9 Å². The zero-order valence-corrected chi connectivity index (χ0v) is 11.2. The second-order valence-corrected chi connectivity index (χ2v) is 5.63. The molecule has 1 N–H and O–H groups in total. The average Bonchev–Trinajstić information content (AvgIpc) is 2.91. The Hall–Kier alpha value is -1.70. The fourth-order valence-corrected chi connectivity index (χ4v) is 3.23. The highest BCUT2D eigenvalue weighted by Crippen LogP contribution is 2.24. The van der Waals surface area contributed by atoms with Gasteiger partial charge >= 0.3 is 0 Å². The Morgan fingerprint density at radius 3 is 2.75 bits per heavy atom. The molecule has 0 saturated carbocycles. The monoisotopic (exact) mass is 302 g/mol. The van der Waals surface area contributed by atoms with Gasteiger partial charge in [-0.2, -0.15) is 11.8 Å². The highest BCUT2D eigenvalue weighted by atomic mass is 32.2. The molecular weight excluding hydrogens is 290 g/mol. The summed E-state index contributed by atoms with van der Waals surface area (Å²) in [5.41, 5.74) is -1.19. The maximum atomic E-state index is 13.1. The lowest BCUT2D eigenvalue weighted by Gasteiger charge is -2.10. The standard InChI is InChI=1S/C12H12F2N2O3S/c13-9-3-8(11(16(18)19)4-10(9)14)12(17)15-5-7-1-2-20-6-7/h3-4,7H,1-2,5-6H2,(H,15,17). The molecule has 1 unspecified atom stereocenters. The Bertz CT molecular complexity index is 548. The fraction of sp³-hybridized carbons (Fsp3) is 0.417. The van der Waals surface area contributed by atoms with Crippen molar-refractivity contribution in [3.63, 3.8) is 0 Å². The Labute approximate surface area is 117 Å². The predicted molar refractivity (Wildman–Crippen MR) is 70.8 cm³/mol. The highest BCUT2D eigenvalue weighted by Gasteiger charge is 2.25. The Morgan fingerprint density at radius 1 is 1.45 bits per heavy atom. The lowest BCUT2D eigenvalue weighted by molar-refractivity contribution is -0.385. The maximum absolute atomic E-state index is 13.1. The van der Waals surface area contributed by atoms with Crippen molar-refractivity contribution >= 4 is 23.4 Å². The minimum Gasteiger partial charge on any atom is -0.352 e. The zero-order chi connectivity index (χ0) is 14.7. The first-order valence-corrected chi connectivity index (χ1v) is 7.14. The second-order valence-electron chi connectivity index (χ2n) is 4.48. The van der Waals surface area contributed by atoms with Crippen LogP contribution in [0.15, 0.2) is 12.1 Å². The summed E-state index contributed by atoms with van der Waals surface area (Å²) < 4.78 is 26.1. The number of carbonyl (C=O) groups is 1. The molecule has 0 spiro atoms. The van der Waals surface area contributed by atoms with Crippen LogP contribution in [0.3, 0.4) is 0 Å². The molecule has 1 heterocycles. The number of carbonyl (C=O) groups excluding carboxylic acids is 1. The van der Waals surface area contributed by atoms with Crippen LogP contribution < -0.4 is 5.32 Å². The first-order chi connectivity index (χ1) is 9.49. The number of hydrogen-bond donors (Lipinski definition) is 1. The molecule has 1 aliphatic rings. The van der Waals surface area contributed by atoms with Crippen LogP contribution in [0.25, 0.3) is 0 Å². The molecule has 108 valence electrons. The SMILES string of the molecule is O=C(NCC1CCSC1)c1cc(F)c(F)cc1[N+](=O)[O-]. The van der Waals surface area contributed by atoms with Gasteiger partial charge in [0.1, 0.15) is 5.56 Å². The third-order valence-electron chi connectivity index (χ3n) is 3.06. The van der Waals surface area contributed by atoms with Gasteiger partial charge in [-0.15, -0.1) is 0 Å². The molecular formula is C12H12F2N2O3S. The van der Waals surface area contributed by atoms with Crippen molar-refractivity contribution < 1.29 is 18.5 Å². The van der Waals surface area contributed by atoms with Crippen LogP contribution in [0.5, 0.6) is 0 Å². The Morgan fingerprint density at radius 2 is 2.15 bits per heavy atom. The molecule has 1 fully saturated rings. The minimum atomic E-state index is -1.35. The van der Waals surface area contributed by atoms with Crippen LogP contribution in [-0.2, 0) is 0 Å². The van der Waals surface area contributed by atoms with E-state index < -0.39 is 33.7 Å². The van der Waals surface area contributed by atoms with Gasteiger partial charge in [-0.1, -0.05) is 0 Å². The third-order valence-corrected chi connectivity index (χ3v) is 4.29. The molecule has 2 rings (SSSR count). The molecule has 1 aromatic rings. The van der Waals surface area contributed by atoms with Gasteiger partial charge in [-0.05, 0) is 29.9 Å². The number of nitro groups is 1. The van der Waals surface area contributed by atoms with Crippen molar-refractivity contribution in [2.24, 2.45) is 5.92 Å². The van der Waals surface area contributed by atoms with Gasteiger partial charge in [-0.25, -0.2) is 8.78 Å². The molecule has 0 aromatic heterocycles. The summed E-state index contributed by atoms with van der Waals surface area (Å²) in [5, 5.41) is 13.3. The predicted octanol–water partition coefficient (Wildman–Crippen LogP) is 2.36. The third kappa shape index (κ3) is 3.24. The van der Waals surface area contributed by atoms with Crippen LogP contribution in [-0.4, -0.2) is 28.9 Å². The number of nitrogens with one attached hydrogen (secondary N) is 1. The lowest BCUT2D eigenvalue weighted by Crippen LogP contribution is -2.30. The Balaban J connectivity index is 2.15. The van der Waals surface area contributed by atoms with E-state index in [1.807, 2.05) is 0 Å². The van der Waals surface area contributed by atoms with E-state index in [1.54, 1.807) is 11.8 Å². The van der Waals surface area contributed by atoms with E-state index in [9.17, 15) is 23.7 Å². The summed E-state index contributed by atoms with van der Waals surface area (Å²) >= 11 is 1.77. The van der Waals surface area contributed by atoms with Crippen molar-refractivity contribution in [2.75, 3.05) is 18.1 Å². The van der Waals surface area contributed by atoms with Crippen LogP contribution in [0.1, 0.15) is 16.8 Å². The molecule has 8 heteroatoms. The van der Waals surface area contributed by atoms with Crippen molar-refractivity contribution in [3.8, 4) is 0 Å². The van der Waals surface area contributed by atoms with E-state index in [1.165, 1.54) is 0 Å². The van der Waals surface area contributed by atoms with E-state index in [2.05, 4.69) is 5.32 Å². The molecule has 0 bridgehead atoms. The molecule has 5 nitrogen and oxygen atoms in total. The quantitative estimate of drug-likeness (QED) is 0.684. The summed E-state index contributed by atoms with van der Waals surface area (Å²) in [6.45, 7) is 0.377. The second kappa shape index (κ2) is 6.17. The number of thioether (sulfide) groups is 1. The van der Waals surface area contributed by atoms with Gasteiger partial charge in [0.2, 0.25) is 0 Å². The number of rotatable bonds is 4. The molecule has 0 radical (unpaired) electrons. The average molecular weight is 302 g/mol. The van der Waals surface area contributed by atoms with Crippen LogP contribution in [0.4, 0.5) is 14.5 Å². The molecule has 1 amide bonds. The topological polar surface area (TPSA) is 72.2 Å². The van der Waals surface area contributed by atoms with E-state index in [4.69, 9.17) is 0 Å². The number of halogens is 2. The van der Waals surface area contributed by atoms with Crippen molar-refractivity contribution in [1.82, 2.24) is 5.32 Å². The van der Waals surface area contributed by atoms with Gasteiger partial charge in [0.05, 0.1) is 11.0 Å². The van der Waals surface area contributed by atoms with E-state index in [0.29, 0.717) is 24.6 Å². The van der Waals surface area contributed by atoms with Gasteiger partial charge in [0.25, 0.3) is 11.6 Å². The van der Waals surface area contributed by atoms with Crippen molar-refractivity contribution in [2.45, 2.75) is 6.42 Å². The lowest BCUT2D eigenvalue weighted by atomic mass is 10.1. The summed E-state index contributed by atoms with van der Waals surface area (Å²) in [6, 6.07) is 0.988. The zero-order valence-electron chi connectivity index (χ0n) is 10.4. The van der Waals surface area contributed by atoms with E-state index in [-0.39, 0.29) is 0 Å². The number of benzene rings is 1. The number of hydrogen-bond acceptors (Lipinski definition) is 4. The first-order valence-electron chi connectivity index (χ1n) is 5.98. The van der Waals surface area contributed by atoms with Crippen molar-refractivity contribution in [3.05, 3.63) is 39.4 Å². The van der Waals surface area contributed by atoms with Gasteiger partial charge in [0.15, 0.2) is 11.6 Å². The number of amides is 1. The van der Waals surface area contributed by atoms with Gasteiger partial charge < -0.3 is 5.32 Å². The first kappa shape index (κ1) is 14.7. The molecule has 1 atom stereocenters.